The molecule has 3 amide bonds. The van der Waals surface area contributed by atoms with Gasteiger partial charge < -0.3 is 24.2 Å². The molecule has 2 rings (SSSR count). The molecule has 0 N–H and O–H groups in total. The highest BCUT2D eigenvalue weighted by molar-refractivity contribution is 5.76. The quantitative estimate of drug-likeness (QED) is 0.760. The van der Waals surface area contributed by atoms with Gasteiger partial charge >= 0.3 is 6.03 Å². The first-order valence-corrected chi connectivity index (χ1v) is 8.21. The summed E-state index contributed by atoms with van der Waals surface area (Å²) in [5.74, 6) is -0.0493. The molecule has 2 atom stereocenters. The van der Waals surface area contributed by atoms with Gasteiger partial charge in [-0.05, 0) is 19.3 Å². The summed E-state index contributed by atoms with van der Waals surface area (Å²) in [6.07, 6.45) is 2.86. The molecule has 23 heavy (non-hydrogen) atoms. The van der Waals surface area contributed by atoms with E-state index in [0.717, 1.165) is 25.9 Å². The van der Waals surface area contributed by atoms with E-state index in [-0.39, 0.29) is 30.1 Å². The van der Waals surface area contributed by atoms with Crippen LogP contribution in [0.5, 0.6) is 0 Å². The maximum absolute atomic E-state index is 12.3. The molecule has 0 aliphatic carbocycles. The van der Waals surface area contributed by atoms with Gasteiger partial charge in [0, 0.05) is 53.3 Å². The molecule has 0 radical (unpaired) electrons. The lowest BCUT2D eigenvalue weighted by Gasteiger charge is -2.50. The molecule has 2 saturated heterocycles. The van der Waals surface area contributed by atoms with Crippen molar-refractivity contribution in [1.29, 1.82) is 0 Å². The summed E-state index contributed by atoms with van der Waals surface area (Å²) in [6.45, 7) is 2.63. The largest absolute Gasteiger partial charge is 0.377 e. The Morgan fingerprint density at radius 1 is 1.26 bits per heavy atom. The zero-order valence-electron chi connectivity index (χ0n) is 14.7. The van der Waals surface area contributed by atoms with Crippen molar-refractivity contribution in [2.75, 3.05) is 61.1 Å². The maximum Gasteiger partial charge on any atom is 0.319 e. The van der Waals surface area contributed by atoms with Crippen molar-refractivity contribution in [3.05, 3.63) is 0 Å². The Balaban J connectivity index is 2.02. The molecule has 132 valence electrons. The Bertz CT molecular complexity index is 441. The van der Waals surface area contributed by atoms with Crippen molar-refractivity contribution < 1.29 is 19.1 Å². The predicted molar refractivity (Wildman–Crippen MR) is 86.2 cm³/mol. The molecule has 0 aromatic rings. The lowest BCUT2D eigenvalue weighted by molar-refractivity contribution is -0.155. The van der Waals surface area contributed by atoms with Crippen molar-refractivity contribution in [2.45, 2.75) is 25.4 Å². The van der Waals surface area contributed by atoms with Crippen LogP contribution in [0.3, 0.4) is 0 Å². The highest BCUT2D eigenvalue weighted by Gasteiger charge is 2.47. The first-order valence-electron chi connectivity index (χ1n) is 8.21. The predicted octanol–water partition coefficient (Wildman–Crippen LogP) is 0.644. The number of rotatable bonds is 4. The standard InChI is InChI=1S/C16H29N3O4/c1-17(2)14(20)10-22-12-16-7-5-9-23-13(16)6-8-19(11-16)15(21)18(3)4/h13H,5-12H2,1-4H3. The fourth-order valence-corrected chi connectivity index (χ4v) is 3.42. The highest BCUT2D eigenvalue weighted by Crippen LogP contribution is 2.40. The van der Waals surface area contributed by atoms with Crippen LogP contribution in [-0.4, -0.2) is 93.8 Å². The lowest BCUT2D eigenvalue weighted by atomic mass is 9.73. The van der Waals surface area contributed by atoms with Gasteiger partial charge in [0.1, 0.15) is 6.61 Å². The second kappa shape index (κ2) is 7.49. The molecule has 2 aliphatic rings. The molecule has 2 aliphatic heterocycles. The van der Waals surface area contributed by atoms with E-state index in [1.165, 1.54) is 4.90 Å². The Morgan fingerprint density at radius 3 is 2.65 bits per heavy atom. The molecule has 7 heteroatoms. The second-order valence-electron chi connectivity index (χ2n) is 6.99. The van der Waals surface area contributed by atoms with Crippen molar-refractivity contribution in [3.8, 4) is 0 Å². The van der Waals surface area contributed by atoms with E-state index in [1.54, 1.807) is 33.1 Å². The summed E-state index contributed by atoms with van der Waals surface area (Å²) in [5, 5.41) is 0. The number of ether oxygens (including phenoxy) is 2. The number of fused-ring (bicyclic) bond motifs is 1. The van der Waals surface area contributed by atoms with Crippen LogP contribution in [0.2, 0.25) is 0 Å². The zero-order valence-corrected chi connectivity index (χ0v) is 14.7. The molecule has 2 heterocycles. The van der Waals surface area contributed by atoms with Crippen molar-refractivity contribution in [1.82, 2.24) is 14.7 Å². The zero-order chi connectivity index (χ0) is 17.0. The summed E-state index contributed by atoms with van der Waals surface area (Å²) in [4.78, 5) is 29.0. The smallest absolute Gasteiger partial charge is 0.319 e. The van der Waals surface area contributed by atoms with Crippen LogP contribution in [0, 0.1) is 5.41 Å². The molecule has 0 aromatic heterocycles. The molecule has 0 bridgehead atoms. The fraction of sp³-hybridized carbons (Fsp3) is 0.875. The Labute approximate surface area is 138 Å². The summed E-state index contributed by atoms with van der Waals surface area (Å²) in [5.41, 5.74) is -0.200. The van der Waals surface area contributed by atoms with Crippen LogP contribution in [0.15, 0.2) is 0 Å². The SMILES string of the molecule is CN(C)C(=O)COCC12CCCOC1CCN(C(=O)N(C)C)C2. The number of amides is 3. The topological polar surface area (TPSA) is 62.3 Å². The van der Waals surface area contributed by atoms with E-state index in [1.807, 2.05) is 4.90 Å². The number of nitrogens with zero attached hydrogens (tertiary/aromatic N) is 3. The van der Waals surface area contributed by atoms with Gasteiger partial charge in [0.15, 0.2) is 0 Å². The summed E-state index contributed by atoms with van der Waals surface area (Å²) < 4.78 is 11.7. The average molecular weight is 327 g/mol. The molecule has 2 unspecified atom stereocenters. The summed E-state index contributed by atoms with van der Waals surface area (Å²) >= 11 is 0. The van der Waals surface area contributed by atoms with Crippen molar-refractivity contribution >= 4 is 11.9 Å². The number of urea groups is 1. The van der Waals surface area contributed by atoms with Crippen molar-refractivity contribution in [2.24, 2.45) is 5.41 Å². The highest BCUT2D eigenvalue weighted by atomic mass is 16.5. The minimum absolute atomic E-state index is 0.0257. The second-order valence-corrected chi connectivity index (χ2v) is 6.99. The average Bonchev–Trinajstić information content (AvgIpc) is 2.53. The first-order chi connectivity index (χ1) is 10.9. The third-order valence-corrected chi connectivity index (χ3v) is 4.75. The van der Waals surface area contributed by atoms with E-state index >= 15 is 0 Å². The monoisotopic (exact) mass is 327 g/mol. The van der Waals surface area contributed by atoms with Crippen molar-refractivity contribution in [3.63, 3.8) is 0 Å². The van der Waals surface area contributed by atoms with E-state index in [0.29, 0.717) is 19.7 Å². The van der Waals surface area contributed by atoms with Gasteiger partial charge in [0.2, 0.25) is 5.91 Å². The van der Waals surface area contributed by atoms with Gasteiger partial charge in [0.25, 0.3) is 0 Å². The molecule has 7 nitrogen and oxygen atoms in total. The van der Waals surface area contributed by atoms with Crippen LogP contribution < -0.4 is 0 Å². The van der Waals surface area contributed by atoms with E-state index in [2.05, 4.69) is 0 Å². The molecule has 2 fully saturated rings. The third kappa shape index (κ3) is 4.14. The Kier molecular flexibility index (Phi) is 5.86. The number of carbonyl (C=O) groups is 2. The summed E-state index contributed by atoms with van der Waals surface area (Å²) in [6, 6.07) is 0.0257. The number of hydrogen-bond acceptors (Lipinski definition) is 4. The van der Waals surface area contributed by atoms with Crippen LogP contribution in [0.25, 0.3) is 0 Å². The normalized spacial score (nSPS) is 27.3. The molecule has 0 saturated carbocycles. The van der Waals surface area contributed by atoms with Gasteiger partial charge in [-0.15, -0.1) is 0 Å². The minimum Gasteiger partial charge on any atom is -0.377 e. The Morgan fingerprint density at radius 2 is 2.00 bits per heavy atom. The van der Waals surface area contributed by atoms with E-state index < -0.39 is 0 Å². The number of likely N-dealkylation sites (tertiary alicyclic amines) is 1. The van der Waals surface area contributed by atoms with Crippen LogP contribution in [0.4, 0.5) is 4.79 Å². The van der Waals surface area contributed by atoms with Gasteiger partial charge in [-0.2, -0.15) is 0 Å². The van der Waals surface area contributed by atoms with Gasteiger partial charge in [-0.1, -0.05) is 0 Å². The fourth-order valence-electron chi connectivity index (χ4n) is 3.42. The number of carbonyl (C=O) groups excluding carboxylic acids is 2. The minimum atomic E-state index is -0.200. The van der Waals surface area contributed by atoms with Gasteiger partial charge in [0.05, 0.1) is 12.7 Å². The van der Waals surface area contributed by atoms with Crippen LogP contribution in [-0.2, 0) is 14.3 Å². The lowest BCUT2D eigenvalue weighted by Crippen LogP contribution is -2.59. The van der Waals surface area contributed by atoms with E-state index in [4.69, 9.17) is 9.47 Å². The summed E-state index contributed by atoms with van der Waals surface area (Å²) in [7, 11) is 6.97. The Hall–Kier alpha value is -1.34. The van der Waals surface area contributed by atoms with Crippen LogP contribution in [0.1, 0.15) is 19.3 Å². The number of piperidine rings is 1. The maximum atomic E-state index is 12.3. The molecular weight excluding hydrogens is 298 g/mol. The molecule has 0 spiro atoms. The van der Waals surface area contributed by atoms with Crippen LogP contribution >= 0.6 is 0 Å². The van der Waals surface area contributed by atoms with E-state index in [9.17, 15) is 9.59 Å². The first kappa shape index (κ1) is 18.0. The van der Waals surface area contributed by atoms with Gasteiger partial charge in [-0.25, -0.2) is 4.79 Å². The third-order valence-electron chi connectivity index (χ3n) is 4.75. The van der Waals surface area contributed by atoms with Gasteiger partial charge in [-0.3, -0.25) is 4.79 Å². The number of likely N-dealkylation sites (N-methyl/N-ethyl adjacent to an activating group) is 1. The molecular formula is C16H29N3O4. The molecule has 0 aromatic carbocycles. The number of hydrogen-bond donors (Lipinski definition) is 0.